The Morgan fingerprint density at radius 1 is 1.35 bits per heavy atom. The molecule has 1 fully saturated rings. The SMILES string of the molecule is CCn1cc(S(=O)(=O)NCC2CCCCC2)cc1CN. The summed E-state index contributed by atoms with van der Waals surface area (Å²) in [6.45, 7) is 3.61. The Balaban J connectivity index is 2.03. The second-order valence-corrected chi connectivity index (χ2v) is 7.28. The van der Waals surface area contributed by atoms with Crippen LogP contribution in [-0.4, -0.2) is 19.5 Å². The van der Waals surface area contributed by atoms with E-state index in [0.717, 1.165) is 25.1 Å². The van der Waals surface area contributed by atoms with E-state index in [2.05, 4.69) is 4.72 Å². The van der Waals surface area contributed by atoms with Crippen molar-refractivity contribution in [2.45, 2.75) is 57.0 Å². The molecule has 0 saturated heterocycles. The second kappa shape index (κ2) is 6.74. The molecule has 0 amide bonds. The topological polar surface area (TPSA) is 77.1 Å². The van der Waals surface area contributed by atoms with E-state index in [9.17, 15) is 8.42 Å². The van der Waals surface area contributed by atoms with E-state index >= 15 is 0 Å². The van der Waals surface area contributed by atoms with Crippen molar-refractivity contribution in [3.05, 3.63) is 18.0 Å². The molecule has 3 N–H and O–H groups in total. The summed E-state index contributed by atoms with van der Waals surface area (Å²) in [5.41, 5.74) is 6.49. The number of rotatable bonds is 6. The fraction of sp³-hybridized carbons (Fsp3) is 0.714. The molecule has 1 aliphatic carbocycles. The Kier molecular flexibility index (Phi) is 5.23. The molecule has 1 aromatic rings. The minimum atomic E-state index is -3.41. The maximum absolute atomic E-state index is 12.3. The van der Waals surface area contributed by atoms with Gasteiger partial charge in [-0.1, -0.05) is 19.3 Å². The van der Waals surface area contributed by atoms with Crippen molar-refractivity contribution in [1.82, 2.24) is 9.29 Å². The number of hydrogen-bond donors (Lipinski definition) is 2. The maximum atomic E-state index is 12.3. The summed E-state index contributed by atoms with van der Waals surface area (Å²) >= 11 is 0. The van der Waals surface area contributed by atoms with Crippen molar-refractivity contribution >= 4 is 10.0 Å². The molecule has 1 saturated carbocycles. The molecule has 6 heteroatoms. The lowest BCUT2D eigenvalue weighted by Gasteiger charge is -2.21. The molecule has 20 heavy (non-hydrogen) atoms. The van der Waals surface area contributed by atoms with Crippen molar-refractivity contribution < 1.29 is 8.42 Å². The van der Waals surface area contributed by atoms with Crippen molar-refractivity contribution in [2.24, 2.45) is 11.7 Å². The predicted molar refractivity (Wildman–Crippen MR) is 79.8 cm³/mol. The van der Waals surface area contributed by atoms with Crippen LogP contribution in [0.5, 0.6) is 0 Å². The highest BCUT2D eigenvalue weighted by Crippen LogP contribution is 2.23. The second-order valence-electron chi connectivity index (χ2n) is 5.51. The van der Waals surface area contributed by atoms with Crippen molar-refractivity contribution in [1.29, 1.82) is 0 Å². The maximum Gasteiger partial charge on any atom is 0.242 e. The van der Waals surface area contributed by atoms with Gasteiger partial charge in [0.2, 0.25) is 10.0 Å². The first-order valence-electron chi connectivity index (χ1n) is 7.45. The van der Waals surface area contributed by atoms with Gasteiger partial charge in [0.05, 0.1) is 4.90 Å². The molecular formula is C14H25N3O2S. The quantitative estimate of drug-likeness (QED) is 0.841. The van der Waals surface area contributed by atoms with Crippen LogP contribution in [0.15, 0.2) is 17.2 Å². The average Bonchev–Trinajstić information content (AvgIpc) is 2.90. The largest absolute Gasteiger partial charge is 0.349 e. The molecular weight excluding hydrogens is 274 g/mol. The van der Waals surface area contributed by atoms with Gasteiger partial charge in [-0.15, -0.1) is 0 Å². The number of sulfonamides is 1. The molecule has 0 aromatic carbocycles. The van der Waals surface area contributed by atoms with Gasteiger partial charge in [0.25, 0.3) is 0 Å². The zero-order valence-corrected chi connectivity index (χ0v) is 13.0. The van der Waals surface area contributed by atoms with Gasteiger partial charge < -0.3 is 10.3 Å². The van der Waals surface area contributed by atoms with Crippen LogP contribution in [0, 0.1) is 5.92 Å². The summed E-state index contributed by atoms with van der Waals surface area (Å²) in [4.78, 5) is 0.329. The van der Waals surface area contributed by atoms with Gasteiger partial charge in [-0.25, -0.2) is 13.1 Å². The predicted octanol–water partition coefficient (Wildman–Crippen LogP) is 1.83. The molecule has 0 spiro atoms. The van der Waals surface area contributed by atoms with Gasteiger partial charge >= 0.3 is 0 Å². The zero-order chi connectivity index (χ0) is 14.6. The summed E-state index contributed by atoms with van der Waals surface area (Å²) in [6.07, 6.45) is 7.65. The molecule has 0 radical (unpaired) electrons. The summed E-state index contributed by atoms with van der Waals surface area (Å²) in [7, 11) is -3.41. The van der Waals surface area contributed by atoms with E-state index in [0.29, 0.717) is 23.9 Å². The number of aromatic nitrogens is 1. The van der Waals surface area contributed by atoms with E-state index in [4.69, 9.17) is 5.73 Å². The third kappa shape index (κ3) is 3.62. The molecule has 0 aliphatic heterocycles. The zero-order valence-electron chi connectivity index (χ0n) is 12.1. The molecule has 1 aliphatic rings. The Morgan fingerprint density at radius 3 is 2.60 bits per heavy atom. The van der Waals surface area contributed by atoms with Crippen LogP contribution in [0.1, 0.15) is 44.7 Å². The first-order valence-corrected chi connectivity index (χ1v) is 8.94. The fourth-order valence-corrected chi connectivity index (χ4v) is 4.02. The van der Waals surface area contributed by atoms with E-state index in [1.807, 2.05) is 11.5 Å². The van der Waals surface area contributed by atoms with Crippen LogP contribution < -0.4 is 10.5 Å². The van der Waals surface area contributed by atoms with Crippen LogP contribution in [0.4, 0.5) is 0 Å². The van der Waals surface area contributed by atoms with Crippen LogP contribution >= 0.6 is 0 Å². The molecule has 5 nitrogen and oxygen atoms in total. The van der Waals surface area contributed by atoms with Crippen LogP contribution in [0.3, 0.4) is 0 Å². The lowest BCUT2D eigenvalue weighted by molar-refractivity contribution is 0.357. The number of aryl methyl sites for hydroxylation is 1. The van der Waals surface area contributed by atoms with Gasteiger partial charge in [-0.05, 0) is 31.7 Å². The first-order chi connectivity index (χ1) is 9.56. The monoisotopic (exact) mass is 299 g/mol. The van der Waals surface area contributed by atoms with Gasteiger partial charge in [0, 0.05) is 31.5 Å². The highest BCUT2D eigenvalue weighted by molar-refractivity contribution is 7.89. The molecule has 1 aromatic heterocycles. The Labute approximate surface area is 121 Å². The average molecular weight is 299 g/mol. The molecule has 1 heterocycles. The third-order valence-electron chi connectivity index (χ3n) is 4.11. The third-order valence-corrected chi connectivity index (χ3v) is 5.50. The van der Waals surface area contributed by atoms with Crippen molar-refractivity contribution in [2.75, 3.05) is 6.54 Å². The lowest BCUT2D eigenvalue weighted by atomic mass is 9.90. The number of nitrogens with two attached hydrogens (primary N) is 1. The highest BCUT2D eigenvalue weighted by Gasteiger charge is 2.20. The van der Waals surface area contributed by atoms with Crippen LogP contribution in [-0.2, 0) is 23.1 Å². The van der Waals surface area contributed by atoms with Crippen molar-refractivity contribution in [3.63, 3.8) is 0 Å². The highest BCUT2D eigenvalue weighted by atomic mass is 32.2. The minimum Gasteiger partial charge on any atom is -0.349 e. The van der Waals surface area contributed by atoms with Gasteiger partial charge in [-0.2, -0.15) is 0 Å². The number of nitrogens with zero attached hydrogens (tertiary/aromatic N) is 1. The summed E-state index contributed by atoms with van der Waals surface area (Å²) in [5, 5.41) is 0. The van der Waals surface area contributed by atoms with Gasteiger partial charge in [0.1, 0.15) is 0 Å². The molecule has 2 rings (SSSR count). The molecule has 0 atom stereocenters. The van der Waals surface area contributed by atoms with E-state index < -0.39 is 10.0 Å². The van der Waals surface area contributed by atoms with E-state index in [1.165, 1.54) is 19.3 Å². The normalized spacial score (nSPS) is 17.5. The Bertz CT molecular complexity index is 509. The van der Waals surface area contributed by atoms with Crippen LogP contribution in [0.25, 0.3) is 0 Å². The molecule has 0 bridgehead atoms. The van der Waals surface area contributed by atoms with Crippen molar-refractivity contribution in [3.8, 4) is 0 Å². The number of nitrogens with one attached hydrogen (secondary N) is 1. The fourth-order valence-electron chi connectivity index (χ4n) is 2.84. The van der Waals surface area contributed by atoms with Gasteiger partial charge in [0.15, 0.2) is 0 Å². The number of hydrogen-bond acceptors (Lipinski definition) is 3. The van der Waals surface area contributed by atoms with E-state index in [1.54, 1.807) is 12.3 Å². The Hall–Kier alpha value is -0.850. The van der Waals surface area contributed by atoms with Gasteiger partial charge in [-0.3, -0.25) is 0 Å². The molecule has 114 valence electrons. The van der Waals surface area contributed by atoms with Crippen LogP contribution in [0.2, 0.25) is 0 Å². The lowest BCUT2D eigenvalue weighted by Crippen LogP contribution is -2.30. The summed E-state index contributed by atoms with van der Waals surface area (Å²) in [6, 6.07) is 1.67. The minimum absolute atomic E-state index is 0.329. The molecule has 0 unspecified atom stereocenters. The first kappa shape index (κ1) is 15.5. The summed E-state index contributed by atoms with van der Waals surface area (Å²) in [5.74, 6) is 0.487. The van der Waals surface area contributed by atoms with E-state index in [-0.39, 0.29) is 0 Å². The standard InChI is InChI=1S/C14H25N3O2S/c1-2-17-11-14(8-13(17)9-15)20(18,19)16-10-12-6-4-3-5-7-12/h8,11-12,16H,2-7,9-10,15H2,1H3. The Morgan fingerprint density at radius 2 is 2.05 bits per heavy atom. The smallest absolute Gasteiger partial charge is 0.242 e. The summed E-state index contributed by atoms with van der Waals surface area (Å²) < 4.78 is 29.2.